The normalized spacial score (nSPS) is 11.5. The number of rotatable bonds is 1. The third kappa shape index (κ3) is 2.40. The van der Waals surface area contributed by atoms with Crippen molar-refractivity contribution in [3.8, 4) is 11.4 Å². The largest absolute Gasteiger partial charge is 0.335 e. The van der Waals surface area contributed by atoms with Gasteiger partial charge in [-0.2, -0.15) is 0 Å². The summed E-state index contributed by atoms with van der Waals surface area (Å²) in [5, 5.41) is 1.37. The van der Waals surface area contributed by atoms with Crippen LogP contribution < -0.4 is 0 Å². The van der Waals surface area contributed by atoms with Gasteiger partial charge < -0.3 is 4.98 Å². The van der Waals surface area contributed by atoms with Gasteiger partial charge in [0, 0.05) is 9.86 Å². The molecule has 0 aliphatic carbocycles. The molecule has 2 aromatic carbocycles. The van der Waals surface area contributed by atoms with Crippen LogP contribution in [0.4, 0.5) is 4.39 Å². The van der Waals surface area contributed by atoms with E-state index in [0.717, 1.165) is 9.86 Å². The fourth-order valence-corrected chi connectivity index (χ4v) is 3.35. The first-order valence-corrected chi connectivity index (χ1v) is 8.18. The molecule has 0 bridgehead atoms. The van der Waals surface area contributed by atoms with Crippen molar-refractivity contribution in [2.24, 2.45) is 0 Å². The molecule has 114 valence electrons. The van der Waals surface area contributed by atoms with E-state index >= 15 is 0 Å². The van der Waals surface area contributed by atoms with Crippen molar-refractivity contribution in [1.29, 1.82) is 0 Å². The second kappa shape index (κ2) is 5.44. The number of nitrogens with zero attached hydrogens (tertiary/aromatic N) is 2. The summed E-state index contributed by atoms with van der Waals surface area (Å²) in [5.41, 5.74) is 2.10. The highest BCUT2D eigenvalue weighted by molar-refractivity contribution is 9.10. The predicted molar refractivity (Wildman–Crippen MR) is 94.5 cm³/mol. The van der Waals surface area contributed by atoms with Crippen molar-refractivity contribution in [3.63, 3.8) is 0 Å². The Morgan fingerprint density at radius 2 is 1.91 bits per heavy atom. The van der Waals surface area contributed by atoms with E-state index in [4.69, 9.17) is 23.2 Å². The lowest BCUT2D eigenvalue weighted by molar-refractivity contribution is 0.630. The van der Waals surface area contributed by atoms with Crippen molar-refractivity contribution in [1.82, 2.24) is 15.0 Å². The maximum atomic E-state index is 14.1. The van der Waals surface area contributed by atoms with E-state index in [1.807, 2.05) is 18.2 Å². The van der Waals surface area contributed by atoms with E-state index in [-0.39, 0.29) is 15.7 Å². The van der Waals surface area contributed by atoms with Crippen molar-refractivity contribution in [2.75, 3.05) is 0 Å². The van der Waals surface area contributed by atoms with Gasteiger partial charge in [-0.3, -0.25) is 0 Å². The fourth-order valence-electron chi connectivity index (χ4n) is 2.52. The van der Waals surface area contributed by atoms with Gasteiger partial charge in [-0.15, -0.1) is 0 Å². The van der Waals surface area contributed by atoms with Gasteiger partial charge in [0.2, 0.25) is 0 Å². The number of benzene rings is 2. The lowest BCUT2D eigenvalue weighted by Crippen LogP contribution is -1.87. The molecule has 4 aromatic rings. The Balaban J connectivity index is 2.08. The number of nitrogens with one attached hydrogen (secondary N) is 1. The van der Waals surface area contributed by atoms with Crippen molar-refractivity contribution < 1.29 is 4.39 Å². The van der Waals surface area contributed by atoms with Crippen LogP contribution in [0.1, 0.15) is 0 Å². The molecule has 3 nitrogen and oxygen atoms in total. The number of aromatic amines is 1. The van der Waals surface area contributed by atoms with Gasteiger partial charge in [0.15, 0.2) is 5.15 Å². The minimum atomic E-state index is -0.451. The molecule has 2 aromatic heterocycles. The number of hydrogen-bond donors (Lipinski definition) is 1. The van der Waals surface area contributed by atoms with Crippen molar-refractivity contribution in [3.05, 3.63) is 56.9 Å². The summed E-state index contributed by atoms with van der Waals surface area (Å²) in [6.07, 6.45) is 0. The van der Waals surface area contributed by atoms with Crippen LogP contribution in [-0.2, 0) is 0 Å². The molecule has 0 atom stereocenters. The highest BCUT2D eigenvalue weighted by atomic mass is 79.9. The van der Waals surface area contributed by atoms with Crippen LogP contribution in [0.2, 0.25) is 10.2 Å². The van der Waals surface area contributed by atoms with E-state index in [9.17, 15) is 4.39 Å². The quantitative estimate of drug-likeness (QED) is 0.392. The maximum absolute atomic E-state index is 14.1. The molecule has 1 N–H and O–H groups in total. The average molecular weight is 411 g/mol. The molecule has 7 heteroatoms. The Labute approximate surface area is 148 Å². The van der Waals surface area contributed by atoms with Gasteiger partial charge in [-0.25, -0.2) is 14.4 Å². The number of halogens is 4. The van der Waals surface area contributed by atoms with Crippen LogP contribution in [0.15, 0.2) is 40.9 Å². The number of aromatic nitrogens is 3. The Morgan fingerprint density at radius 1 is 1.09 bits per heavy atom. The standard InChI is InChI=1S/C16H7BrCl2FN3/c17-7-4-5-8-11(6-7)21-15(19)14-13(8)22-16(23-14)12-9(18)2-1-3-10(12)20/h1-6H,(H,22,23). The zero-order valence-corrected chi connectivity index (χ0v) is 14.5. The van der Waals surface area contributed by atoms with E-state index in [0.29, 0.717) is 22.4 Å². The molecule has 0 unspecified atom stereocenters. The number of fused-ring (bicyclic) bond motifs is 3. The highest BCUT2D eigenvalue weighted by Crippen LogP contribution is 2.34. The van der Waals surface area contributed by atoms with Crippen molar-refractivity contribution in [2.45, 2.75) is 0 Å². The second-order valence-electron chi connectivity index (χ2n) is 4.97. The van der Waals surface area contributed by atoms with Crippen LogP contribution >= 0.6 is 39.1 Å². The molecule has 23 heavy (non-hydrogen) atoms. The van der Waals surface area contributed by atoms with Gasteiger partial charge in [0.25, 0.3) is 0 Å². The lowest BCUT2D eigenvalue weighted by Gasteiger charge is -2.01. The third-order valence-corrected chi connectivity index (χ3v) is 4.62. The van der Waals surface area contributed by atoms with Crippen LogP contribution in [0.25, 0.3) is 33.3 Å². The minimum absolute atomic E-state index is 0.215. The van der Waals surface area contributed by atoms with Gasteiger partial charge in [0.05, 0.1) is 16.1 Å². The topological polar surface area (TPSA) is 41.6 Å². The first kappa shape index (κ1) is 14.9. The number of pyridine rings is 1. The summed E-state index contributed by atoms with van der Waals surface area (Å²) in [5.74, 6) is -0.130. The Hall–Kier alpha value is -1.69. The van der Waals surface area contributed by atoms with Crippen LogP contribution in [0.5, 0.6) is 0 Å². The average Bonchev–Trinajstić information content (AvgIpc) is 2.92. The van der Waals surface area contributed by atoms with E-state index < -0.39 is 5.82 Å². The van der Waals surface area contributed by atoms with Gasteiger partial charge in [-0.1, -0.05) is 45.2 Å². The molecule has 4 rings (SSSR count). The summed E-state index contributed by atoms with van der Waals surface area (Å²) in [6, 6.07) is 10.1. The van der Waals surface area contributed by atoms with E-state index in [1.54, 1.807) is 12.1 Å². The lowest BCUT2D eigenvalue weighted by atomic mass is 10.2. The Bertz CT molecular complexity index is 1060. The molecule has 0 saturated heterocycles. The summed E-state index contributed by atoms with van der Waals surface area (Å²) >= 11 is 15.8. The summed E-state index contributed by atoms with van der Waals surface area (Å²) in [6.45, 7) is 0. The van der Waals surface area contributed by atoms with E-state index in [2.05, 4.69) is 30.9 Å². The Kier molecular flexibility index (Phi) is 3.52. The summed E-state index contributed by atoms with van der Waals surface area (Å²) < 4.78 is 15.0. The maximum Gasteiger partial charge on any atom is 0.155 e. The monoisotopic (exact) mass is 409 g/mol. The summed E-state index contributed by atoms with van der Waals surface area (Å²) in [4.78, 5) is 11.9. The number of hydrogen-bond acceptors (Lipinski definition) is 2. The molecule has 0 amide bonds. The van der Waals surface area contributed by atoms with Crippen LogP contribution in [0.3, 0.4) is 0 Å². The molecule has 0 spiro atoms. The van der Waals surface area contributed by atoms with Gasteiger partial charge in [0.1, 0.15) is 22.7 Å². The molecular weight excluding hydrogens is 404 g/mol. The molecule has 0 radical (unpaired) electrons. The third-order valence-electron chi connectivity index (χ3n) is 3.54. The smallest absolute Gasteiger partial charge is 0.155 e. The van der Waals surface area contributed by atoms with Gasteiger partial charge >= 0.3 is 0 Å². The predicted octanol–water partition coefficient (Wildman–Crippen LogP) is 5.99. The molecule has 0 saturated carbocycles. The second-order valence-corrected chi connectivity index (χ2v) is 6.65. The highest BCUT2D eigenvalue weighted by Gasteiger charge is 2.17. The summed E-state index contributed by atoms with van der Waals surface area (Å²) in [7, 11) is 0. The first-order chi connectivity index (χ1) is 11.0. The molecular formula is C16H7BrCl2FN3. The molecule has 0 fully saturated rings. The van der Waals surface area contributed by atoms with Crippen LogP contribution in [0, 0.1) is 5.82 Å². The molecule has 0 aliphatic rings. The molecule has 0 aliphatic heterocycles. The fraction of sp³-hybridized carbons (Fsp3) is 0. The number of imidazole rings is 1. The Morgan fingerprint density at radius 3 is 2.70 bits per heavy atom. The zero-order valence-electron chi connectivity index (χ0n) is 11.4. The minimum Gasteiger partial charge on any atom is -0.335 e. The van der Waals surface area contributed by atoms with Gasteiger partial charge in [-0.05, 0) is 30.3 Å². The SMILES string of the molecule is Fc1cccc(Cl)c1-c1nc2c([nH]1)c(Cl)nc1cc(Br)ccc12. The zero-order chi connectivity index (χ0) is 16.1. The van der Waals surface area contributed by atoms with Crippen LogP contribution in [-0.4, -0.2) is 15.0 Å². The molecule has 2 heterocycles. The van der Waals surface area contributed by atoms with E-state index in [1.165, 1.54) is 6.07 Å². The first-order valence-electron chi connectivity index (χ1n) is 6.63. The number of H-pyrrole nitrogens is 1. The van der Waals surface area contributed by atoms with Crippen molar-refractivity contribution >= 4 is 61.1 Å².